The molecule has 0 spiro atoms. The maximum atomic E-state index is 13.6. The summed E-state index contributed by atoms with van der Waals surface area (Å²) in [6.07, 6.45) is 1.82. The smallest absolute Gasteiger partial charge is 0.254 e. The van der Waals surface area contributed by atoms with E-state index in [0.29, 0.717) is 24.6 Å². The number of amides is 2. The Balaban J connectivity index is 1.41. The maximum absolute atomic E-state index is 13.6. The molecule has 0 bridgehead atoms. The largest absolute Gasteiger partial charge is 0.351 e. The zero-order chi connectivity index (χ0) is 21.6. The number of hydrogen-bond donors (Lipinski definition) is 1. The number of benzene rings is 2. The van der Waals surface area contributed by atoms with Crippen LogP contribution in [-0.2, 0) is 4.79 Å². The monoisotopic (exact) mass is 413 g/mol. The molecule has 2 aliphatic rings. The second-order valence-electron chi connectivity index (χ2n) is 9.24. The van der Waals surface area contributed by atoms with E-state index in [0.717, 1.165) is 35.0 Å². The summed E-state index contributed by atoms with van der Waals surface area (Å²) in [5.74, 6) is 0.615. The van der Waals surface area contributed by atoms with Gasteiger partial charge in [0, 0.05) is 30.1 Å². The molecule has 0 radical (unpaired) electrons. The van der Waals surface area contributed by atoms with Gasteiger partial charge < -0.3 is 10.2 Å². The molecule has 5 heteroatoms. The topological polar surface area (TPSA) is 62.3 Å². The van der Waals surface area contributed by atoms with Crippen molar-refractivity contribution >= 4 is 22.7 Å². The molecule has 3 heterocycles. The minimum Gasteiger partial charge on any atom is -0.351 e. The van der Waals surface area contributed by atoms with E-state index in [1.165, 1.54) is 0 Å². The third kappa shape index (κ3) is 3.38. The lowest BCUT2D eigenvalue weighted by Crippen LogP contribution is -2.68. The van der Waals surface area contributed by atoms with Gasteiger partial charge in [-0.05, 0) is 44.7 Å². The van der Waals surface area contributed by atoms with Crippen molar-refractivity contribution < 1.29 is 9.59 Å². The molecule has 2 amide bonds. The minimum absolute atomic E-state index is 0.0612. The molecule has 1 unspecified atom stereocenters. The molecule has 158 valence electrons. The molecule has 5 rings (SSSR count). The van der Waals surface area contributed by atoms with E-state index in [4.69, 9.17) is 4.98 Å². The van der Waals surface area contributed by atoms with Crippen molar-refractivity contribution in [1.82, 2.24) is 15.2 Å². The van der Waals surface area contributed by atoms with Gasteiger partial charge in [-0.1, -0.05) is 48.5 Å². The van der Waals surface area contributed by atoms with Gasteiger partial charge in [0.2, 0.25) is 5.91 Å². The van der Waals surface area contributed by atoms with Crippen LogP contribution in [0.3, 0.4) is 0 Å². The quantitative estimate of drug-likeness (QED) is 0.652. The van der Waals surface area contributed by atoms with Crippen LogP contribution >= 0.6 is 0 Å². The fraction of sp³-hybridized carbons (Fsp3) is 0.346. The Morgan fingerprint density at radius 1 is 1.03 bits per heavy atom. The minimum atomic E-state index is -0.303. The molecular weight excluding hydrogens is 386 g/mol. The van der Waals surface area contributed by atoms with Crippen LogP contribution in [0.5, 0.6) is 0 Å². The van der Waals surface area contributed by atoms with Gasteiger partial charge in [0.25, 0.3) is 5.91 Å². The number of rotatable bonds is 3. The SMILES string of the molecule is CC1(C)C(=O)NC1C1CCN(C(=O)c2cc(-c3ccccc3)nc3ccccc23)CC1. The normalized spacial score (nSPS) is 20.9. The van der Waals surface area contributed by atoms with E-state index in [1.807, 2.05) is 79.4 Å². The third-order valence-electron chi connectivity index (χ3n) is 6.96. The molecule has 31 heavy (non-hydrogen) atoms. The fourth-order valence-corrected chi connectivity index (χ4v) is 4.99. The number of β-lactam (4-membered cyclic amide) rings is 1. The van der Waals surface area contributed by atoms with Crippen LogP contribution in [0, 0.1) is 11.3 Å². The highest BCUT2D eigenvalue weighted by Crippen LogP contribution is 2.39. The summed E-state index contributed by atoms with van der Waals surface area (Å²) in [4.78, 5) is 32.2. The second-order valence-corrected chi connectivity index (χ2v) is 9.24. The zero-order valence-corrected chi connectivity index (χ0v) is 18.0. The van der Waals surface area contributed by atoms with Crippen molar-refractivity contribution in [3.8, 4) is 11.3 Å². The van der Waals surface area contributed by atoms with E-state index in [1.54, 1.807) is 0 Å². The number of nitrogens with zero attached hydrogens (tertiary/aromatic N) is 2. The predicted molar refractivity (Wildman–Crippen MR) is 122 cm³/mol. The summed E-state index contributed by atoms with van der Waals surface area (Å²) in [5, 5.41) is 3.97. The summed E-state index contributed by atoms with van der Waals surface area (Å²) < 4.78 is 0. The van der Waals surface area contributed by atoms with Gasteiger partial charge in [-0.2, -0.15) is 0 Å². The first-order valence-corrected chi connectivity index (χ1v) is 11.0. The molecule has 1 aromatic heterocycles. The fourth-order valence-electron chi connectivity index (χ4n) is 4.99. The van der Waals surface area contributed by atoms with Gasteiger partial charge in [0.05, 0.1) is 22.2 Å². The summed E-state index contributed by atoms with van der Waals surface area (Å²) in [6.45, 7) is 5.46. The highest BCUT2D eigenvalue weighted by molar-refractivity contribution is 6.07. The Hall–Kier alpha value is -3.21. The summed E-state index contributed by atoms with van der Waals surface area (Å²) in [6, 6.07) is 20.0. The van der Waals surface area contributed by atoms with Gasteiger partial charge in [-0.25, -0.2) is 4.98 Å². The number of hydrogen-bond acceptors (Lipinski definition) is 3. The molecule has 0 saturated carbocycles. The lowest BCUT2D eigenvalue weighted by atomic mass is 9.68. The molecule has 0 aliphatic carbocycles. The van der Waals surface area contributed by atoms with Crippen molar-refractivity contribution in [2.45, 2.75) is 32.7 Å². The highest BCUT2D eigenvalue weighted by Gasteiger charge is 2.51. The second kappa shape index (κ2) is 7.49. The van der Waals surface area contributed by atoms with Gasteiger partial charge in [-0.3, -0.25) is 9.59 Å². The number of nitrogens with one attached hydrogen (secondary N) is 1. The highest BCUT2D eigenvalue weighted by atomic mass is 16.2. The van der Waals surface area contributed by atoms with Gasteiger partial charge >= 0.3 is 0 Å². The van der Waals surface area contributed by atoms with Crippen molar-refractivity contribution in [2.24, 2.45) is 11.3 Å². The summed E-state index contributed by atoms with van der Waals surface area (Å²) in [5.41, 5.74) is 3.06. The first-order valence-electron chi connectivity index (χ1n) is 11.0. The first kappa shape index (κ1) is 19.7. The molecule has 2 saturated heterocycles. The molecule has 1 atom stereocenters. The predicted octanol–water partition coefficient (Wildman–Crippen LogP) is 4.28. The van der Waals surface area contributed by atoms with Gasteiger partial charge in [0.1, 0.15) is 0 Å². The molecule has 3 aromatic rings. The van der Waals surface area contributed by atoms with Crippen LogP contribution in [-0.4, -0.2) is 40.8 Å². The van der Waals surface area contributed by atoms with Crippen LogP contribution in [0.2, 0.25) is 0 Å². The van der Waals surface area contributed by atoms with Crippen molar-refractivity contribution in [3.05, 3.63) is 66.2 Å². The van der Waals surface area contributed by atoms with E-state index in [-0.39, 0.29) is 23.3 Å². The Morgan fingerprint density at radius 2 is 1.71 bits per heavy atom. The van der Waals surface area contributed by atoms with Crippen LogP contribution in [0.4, 0.5) is 0 Å². The molecule has 2 aromatic carbocycles. The van der Waals surface area contributed by atoms with Gasteiger partial charge in [-0.15, -0.1) is 0 Å². The van der Waals surface area contributed by atoms with E-state index in [9.17, 15) is 9.59 Å². The Labute approximate surface area is 182 Å². The molecular formula is C26H27N3O2. The van der Waals surface area contributed by atoms with Gasteiger partial charge in [0.15, 0.2) is 0 Å². The van der Waals surface area contributed by atoms with E-state index < -0.39 is 0 Å². The Morgan fingerprint density at radius 3 is 2.39 bits per heavy atom. The summed E-state index contributed by atoms with van der Waals surface area (Å²) >= 11 is 0. The maximum Gasteiger partial charge on any atom is 0.254 e. The molecule has 1 N–H and O–H groups in total. The Kier molecular flexibility index (Phi) is 4.77. The number of fused-ring (bicyclic) bond motifs is 1. The van der Waals surface area contributed by atoms with Crippen LogP contribution in [0.1, 0.15) is 37.0 Å². The van der Waals surface area contributed by atoms with Crippen molar-refractivity contribution in [2.75, 3.05) is 13.1 Å². The summed E-state index contributed by atoms with van der Waals surface area (Å²) in [7, 11) is 0. The lowest BCUT2D eigenvalue weighted by molar-refractivity contribution is -0.146. The number of carbonyl (C=O) groups is 2. The lowest BCUT2D eigenvalue weighted by Gasteiger charge is -2.50. The number of piperidine rings is 1. The van der Waals surface area contributed by atoms with E-state index >= 15 is 0 Å². The van der Waals surface area contributed by atoms with Crippen LogP contribution in [0.25, 0.3) is 22.2 Å². The number of aromatic nitrogens is 1. The van der Waals surface area contributed by atoms with Crippen LogP contribution in [0.15, 0.2) is 60.7 Å². The van der Waals surface area contributed by atoms with Crippen LogP contribution < -0.4 is 5.32 Å². The Bertz CT molecular complexity index is 1150. The average molecular weight is 414 g/mol. The first-order chi connectivity index (χ1) is 14.9. The van der Waals surface area contributed by atoms with E-state index in [2.05, 4.69) is 5.32 Å². The molecule has 5 nitrogen and oxygen atoms in total. The standard InChI is InChI=1S/C26H27N3O2/c1-26(2)23(28-25(26)31)18-12-14-29(15-13-18)24(30)20-16-22(17-8-4-3-5-9-17)27-21-11-7-6-10-19(20)21/h3-11,16,18,23H,12-15H2,1-2H3,(H,28,31). The zero-order valence-electron chi connectivity index (χ0n) is 18.0. The average Bonchev–Trinajstić information content (AvgIpc) is 2.82. The molecule has 2 aliphatic heterocycles. The number of pyridine rings is 1. The van der Waals surface area contributed by atoms with Crippen molar-refractivity contribution in [1.29, 1.82) is 0 Å². The number of likely N-dealkylation sites (tertiary alicyclic amines) is 1. The third-order valence-corrected chi connectivity index (χ3v) is 6.96. The molecule has 2 fully saturated rings. The number of carbonyl (C=O) groups excluding carboxylic acids is 2. The number of para-hydroxylation sites is 1. The van der Waals surface area contributed by atoms with Crippen molar-refractivity contribution in [3.63, 3.8) is 0 Å².